The van der Waals surface area contributed by atoms with Crippen molar-refractivity contribution in [1.82, 2.24) is 10.2 Å². The molecule has 1 atom stereocenters. The number of carbonyl (C=O) groups excluding carboxylic acids is 2. The minimum atomic E-state index is -3.59. The SMILES string of the molecule is CS(=O)(=O)N(CCCC(=O)N(Cc1ccc(Br)cc1)[C@H](Cc1ccccc1)C(=O)NC1CCCC1)c1ccc(Cl)cc1. The summed E-state index contributed by atoms with van der Waals surface area (Å²) in [4.78, 5) is 29.4. The maximum Gasteiger partial charge on any atom is 0.243 e. The maximum atomic E-state index is 14.0. The monoisotopic (exact) mass is 673 g/mol. The van der Waals surface area contributed by atoms with E-state index in [9.17, 15) is 18.0 Å². The zero-order chi connectivity index (χ0) is 30.1. The molecule has 0 saturated heterocycles. The van der Waals surface area contributed by atoms with Crippen LogP contribution in [0, 0.1) is 0 Å². The quantitative estimate of drug-likeness (QED) is 0.229. The van der Waals surface area contributed by atoms with E-state index in [1.165, 1.54) is 4.31 Å². The van der Waals surface area contributed by atoms with Gasteiger partial charge in [-0.15, -0.1) is 0 Å². The van der Waals surface area contributed by atoms with Crippen LogP contribution in [0.5, 0.6) is 0 Å². The van der Waals surface area contributed by atoms with Crippen molar-refractivity contribution in [2.75, 3.05) is 17.1 Å². The van der Waals surface area contributed by atoms with E-state index in [2.05, 4.69) is 21.2 Å². The Kier molecular flexibility index (Phi) is 11.5. The van der Waals surface area contributed by atoms with Crippen molar-refractivity contribution in [3.05, 3.63) is 99.5 Å². The van der Waals surface area contributed by atoms with E-state index in [0.717, 1.165) is 47.5 Å². The van der Waals surface area contributed by atoms with Crippen LogP contribution >= 0.6 is 27.5 Å². The van der Waals surface area contributed by atoms with E-state index in [1.807, 2.05) is 54.6 Å². The Hall–Kier alpha value is -2.88. The third-order valence-electron chi connectivity index (χ3n) is 7.51. The van der Waals surface area contributed by atoms with Crippen molar-refractivity contribution < 1.29 is 18.0 Å². The molecule has 0 heterocycles. The fraction of sp³-hybridized carbons (Fsp3) is 0.375. The van der Waals surface area contributed by atoms with Gasteiger partial charge in [0.05, 0.1) is 11.9 Å². The van der Waals surface area contributed by atoms with Crippen molar-refractivity contribution in [3.8, 4) is 0 Å². The van der Waals surface area contributed by atoms with Gasteiger partial charge in [-0.3, -0.25) is 13.9 Å². The normalized spacial score (nSPS) is 14.4. The molecule has 7 nitrogen and oxygen atoms in total. The summed E-state index contributed by atoms with van der Waals surface area (Å²) in [6.45, 7) is 0.380. The lowest BCUT2D eigenvalue weighted by Crippen LogP contribution is -2.52. The molecule has 1 fully saturated rings. The Morgan fingerprint density at radius 1 is 0.952 bits per heavy atom. The van der Waals surface area contributed by atoms with Gasteiger partial charge in [0.25, 0.3) is 0 Å². The first kappa shape index (κ1) is 32.0. The second kappa shape index (κ2) is 15.0. The van der Waals surface area contributed by atoms with Gasteiger partial charge < -0.3 is 10.2 Å². The van der Waals surface area contributed by atoms with E-state index in [0.29, 0.717) is 17.1 Å². The van der Waals surface area contributed by atoms with Crippen LogP contribution in [0.25, 0.3) is 0 Å². The first-order valence-corrected chi connectivity index (χ1v) is 17.2. The molecule has 2 amide bonds. The molecule has 0 aliphatic heterocycles. The average Bonchev–Trinajstić information content (AvgIpc) is 3.47. The number of nitrogens with one attached hydrogen (secondary N) is 1. The van der Waals surface area contributed by atoms with Crippen LogP contribution in [-0.4, -0.2) is 50.0 Å². The maximum absolute atomic E-state index is 14.0. The van der Waals surface area contributed by atoms with Gasteiger partial charge in [-0.2, -0.15) is 0 Å². The number of hydrogen-bond donors (Lipinski definition) is 1. The van der Waals surface area contributed by atoms with E-state index in [-0.39, 0.29) is 43.8 Å². The highest BCUT2D eigenvalue weighted by atomic mass is 79.9. The molecule has 0 spiro atoms. The lowest BCUT2D eigenvalue weighted by Gasteiger charge is -2.33. The largest absolute Gasteiger partial charge is 0.352 e. The van der Waals surface area contributed by atoms with E-state index < -0.39 is 16.1 Å². The second-order valence-corrected chi connectivity index (χ2v) is 14.0. The van der Waals surface area contributed by atoms with Crippen molar-refractivity contribution in [2.45, 2.75) is 63.6 Å². The predicted molar refractivity (Wildman–Crippen MR) is 172 cm³/mol. The Morgan fingerprint density at radius 3 is 2.21 bits per heavy atom. The number of benzene rings is 3. The minimum absolute atomic E-state index is 0.0815. The standard InChI is InChI=1S/C32H37BrClN3O4S/c1-42(40,41)37(29-19-17-27(34)18-20-29)21-7-12-31(38)36(23-25-13-15-26(33)16-14-25)30(22-24-8-3-2-4-9-24)32(39)35-28-10-5-6-11-28/h2-4,8-9,13-20,28,30H,5-7,10-12,21-23H2,1H3,(H,35,39)/t30-/m1/s1. The van der Waals surface area contributed by atoms with Crippen molar-refractivity contribution in [1.29, 1.82) is 0 Å². The van der Waals surface area contributed by atoms with Crippen LogP contribution in [0.4, 0.5) is 5.69 Å². The third-order valence-corrected chi connectivity index (χ3v) is 9.48. The molecule has 3 aromatic carbocycles. The minimum Gasteiger partial charge on any atom is -0.352 e. The summed E-state index contributed by atoms with van der Waals surface area (Å²) in [5, 5.41) is 3.72. The van der Waals surface area contributed by atoms with Gasteiger partial charge in [-0.25, -0.2) is 8.42 Å². The summed E-state index contributed by atoms with van der Waals surface area (Å²) in [5.41, 5.74) is 2.35. The number of nitrogens with zero attached hydrogens (tertiary/aromatic N) is 2. The molecule has 1 N–H and O–H groups in total. The molecule has 1 saturated carbocycles. The Balaban J connectivity index is 1.57. The molecule has 0 bridgehead atoms. The Labute approximate surface area is 262 Å². The van der Waals surface area contributed by atoms with Gasteiger partial charge >= 0.3 is 0 Å². The Morgan fingerprint density at radius 2 is 1.60 bits per heavy atom. The van der Waals surface area contributed by atoms with E-state index >= 15 is 0 Å². The molecular weight excluding hydrogens is 638 g/mol. The Bertz CT molecular complexity index is 1430. The van der Waals surface area contributed by atoms with Crippen LogP contribution in [0.3, 0.4) is 0 Å². The highest BCUT2D eigenvalue weighted by molar-refractivity contribution is 9.10. The third kappa shape index (κ3) is 9.31. The summed E-state index contributed by atoms with van der Waals surface area (Å²) in [6.07, 6.45) is 5.94. The fourth-order valence-corrected chi connectivity index (χ4v) is 6.67. The van der Waals surface area contributed by atoms with Gasteiger partial charge in [0.1, 0.15) is 6.04 Å². The molecule has 0 unspecified atom stereocenters. The highest BCUT2D eigenvalue weighted by Gasteiger charge is 2.32. The number of amides is 2. The van der Waals surface area contributed by atoms with Crippen molar-refractivity contribution >= 4 is 55.1 Å². The summed E-state index contributed by atoms with van der Waals surface area (Å²) in [7, 11) is -3.59. The van der Waals surface area contributed by atoms with Crippen molar-refractivity contribution in [2.24, 2.45) is 0 Å². The summed E-state index contributed by atoms with van der Waals surface area (Å²) >= 11 is 9.47. The van der Waals surface area contributed by atoms with E-state index in [1.54, 1.807) is 29.2 Å². The van der Waals surface area contributed by atoms with Gasteiger partial charge in [0, 0.05) is 41.5 Å². The van der Waals surface area contributed by atoms with Crippen LogP contribution < -0.4 is 9.62 Å². The lowest BCUT2D eigenvalue weighted by atomic mass is 10.0. The molecule has 42 heavy (non-hydrogen) atoms. The van der Waals surface area contributed by atoms with Gasteiger partial charge in [0.2, 0.25) is 21.8 Å². The smallest absolute Gasteiger partial charge is 0.243 e. The zero-order valence-electron chi connectivity index (χ0n) is 23.7. The van der Waals surface area contributed by atoms with Crippen LogP contribution in [0.2, 0.25) is 5.02 Å². The molecule has 3 aromatic rings. The van der Waals surface area contributed by atoms with Gasteiger partial charge in [-0.05, 0) is 66.8 Å². The molecular formula is C32H37BrClN3O4S. The molecule has 4 rings (SSSR count). The van der Waals surface area contributed by atoms with Crippen LogP contribution in [-0.2, 0) is 32.6 Å². The topological polar surface area (TPSA) is 86.8 Å². The molecule has 0 aromatic heterocycles. The molecule has 10 heteroatoms. The fourth-order valence-electron chi connectivity index (χ4n) is 5.32. The van der Waals surface area contributed by atoms with E-state index in [4.69, 9.17) is 11.6 Å². The number of carbonyl (C=O) groups is 2. The van der Waals surface area contributed by atoms with Crippen molar-refractivity contribution in [3.63, 3.8) is 0 Å². The summed E-state index contributed by atoms with van der Waals surface area (Å²) < 4.78 is 27.4. The number of sulfonamides is 1. The molecule has 0 radical (unpaired) electrons. The number of halogens is 2. The second-order valence-electron chi connectivity index (χ2n) is 10.8. The summed E-state index contributed by atoms with van der Waals surface area (Å²) in [5.74, 6) is -0.361. The number of anilines is 1. The van der Waals surface area contributed by atoms with Gasteiger partial charge in [-0.1, -0.05) is 82.8 Å². The lowest BCUT2D eigenvalue weighted by molar-refractivity contribution is -0.141. The van der Waals surface area contributed by atoms with Crippen LogP contribution in [0.15, 0.2) is 83.3 Å². The number of rotatable bonds is 13. The summed E-state index contributed by atoms with van der Waals surface area (Å²) in [6, 6.07) is 23.4. The molecule has 1 aliphatic rings. The molecule has 224 valence electrons. The first-order chi connectivity index (χ1) is 20.1. The first-order valence-electron chi connectivity index (χ1n) is 14.2. The van der Waals surface area contributed by atoms with Gasteiger partial charge in [0.15, 0.2) is 0 Å². The predicted octanol–water partition coefficient (Wildman–Crippen LogP) is 6.35. The average molecular weight is 675 g/mol. The number of hydrogen-bond acceptors (Lipinski definition) is 4. The molecule has 1 aliphatic carbocycles. The zero-order valence-corrected chi connectivity index (χ0v) is 26.9. The highest BCUT2D eigenvalue weighted by Crippen LogP contribution is 2.23. The van der Waals surface area contributed by atoms with Crippen LogP contribution in [0.1, 0.15) is 49.7 Å².